The Hall–Kier alpha value is -1.92. The Morgan fingerprint density at radius 3 is 2.15 bits per heavy atom. The first-order chi connectivity index (χ1) is 13.0. The van der Waals surface area contributed by atoms with Gasteiger partial charge in [-0.1, -0.05) is 57.5 Å². The summed E-state index contributed by atoms with van der Waals surface area (Å²) >= 11 is 0. The first kappa shape index (κ1) is 25.1. The van der Waals surface area contributed by atoms with E-state index in [1.807, 2.05) is 30.3 Å². The molecule has 0 aliphatic rings. The second kappa shape index (κ2) is 16.3. The molecule has 1 atom stereocenters. The van der Waals surface area contributed by atoms with Crippen molar-refractivity contribution in [3.8, 4) is 0 Å². The van der Waals surface area contributed by atoms with E-state index in [0.29, 0.717) is 12.5 Å². The van der Waals surface area contributed by atoms with Crippen molar-refractivity contribution in [2.45, 2.75) is 65.0 Å². The van der Waals surface area contributed by atoms with Gasteiger partial charge in [0.25, 0.3) is 0 Å². The average Bonchev–Trinajstić information content (AvgIpc) is 2.70. The highest BCUT2D eigenvalue weighted by molar-refractivity contribution is 5.87. The van der Waals surface area contributed by atoms with E-state index >= 15 is 0 Å². The largest absolute Gasteiger partial charge is 0.358 e. The molecular formula is C21H38N4O2. The van der Waals surface area contributed by atoms with E-state index in [4.69, 9.17) is 5.73 Å². The molecule has 0 aliphatic heterocycles. The van der Waals surface area contributed by atoms with Crippen molar-refractivity contribution >= 4 is 11.8 Å². The van der Waals surface area contributed by atoms with Crippen molar-refractivity contribution in [2.75, 3.05) is 20.1 Å². The molecule has 2 amide bonds. The molecule has 5 N–H and O–H groups in total. The van der Waals surface area contributed by atoms with Gasteiger partial charge in [0, 0.05) is 13.1 Å². The number of hydrogen-bond donors (Lipinski definition) is 4. The second-order valence-corrected chi connectivity index (χ2v) is 6.46. The van der Waals surface area contributed by atoms with E-state index in [0.717, 1.165) is 24.9 Å². The van der Waals surface area contributed by atoms with Crippen molar-refractivity contribution in [1.82, 2.24) is 16.0 Å². The van der Waals surface area contributed by atoms with Crippen LogP contribution in [0.4, 0.5) is 0 Å². The zero-order valence-electron chi connectivity index (χ0n) is 17.4. The minimum atomic E-state index is -0.336. The van der Waals surface area contributed by atoms with Gasteiger partial charge in [0.1, 0.15) is 0 Å². The summed E-state index contributed by atoms with van der Waals surface area (Å²) in [7, 11) is 1.55. The third kappa shape index (κ3) is 12.2. The van der Waals surface area contributed by atoms with E-state index in [2.05, 4.69) is 36.7 Å². The molecule has 0 radical (unpaired) electrons. The molecule has 1 rings (SSSR count). The third-order valence-electron chi connectivity index (χ3n) is 4.28. The van der Waals surface area contributed by atoms with Gasteiger partial charge in [-0.15, -0.1) is 0 Å². The number of benzene rings is 1. The lowest BCUT2D eigenvalue weighted by molar-refractivity contribution is -0.127. The predicted molar refractivity (Wildman–Crippen MR) is 112 cm³/mol. The molecule has 0 heterocycles. The van der Waals surface area contributed by atoms with Crippen LogP contribution in [0.15, 0.2) is 30.3 Å². The fourth-order valence-corrected chi connectivity index (χ4v) is 2.47. The first-order valence-corrected chi connectivity index (χ1v) is 10.00. The van der Waals surface area contributed by atoms with Crippen LogP contribution in [0.3, 0.4) is 0 Å². The first-order valence-electron chi connectivity index (χ1n) is 10.00. The molecule has 6 nitrogen and oxygen atoms in total. The highest BCUT2D eigenvalue weighted by Gasteiger charge is 2.21. The van der Waals surface area contributed by atoms with Crippen LogP contribution in [-0.2, 0) is 16.0 Å². The summed E-state index contributed by atoms with van der Waals surface area (Å²) in [4.78, 5) is 23.7. The van der Waals surface area contributed by atoms with Crippen LogP contribution < -0.4 is 21.7 Å². The molecule has 0 saturated heterocycles. The Labute approximate surface area is 164 Å². The number of hydrogen-bond acceptors (Lipinski definition) is 4. The van der Waals surface area contributed by atoms with Gasteiger partial charge in [-0.05, 0) is 37.8 Å². The monoisotopic (exact) mass is 378 g/mol. The molecule has 154 valence electrons. The molecule has 0 aromatic heterocycles. The summed E-state index contributed by atoms with van der Waals surface area (Å²) in [5.74, 6) is -0.339. The molecule has 0 aliphatic carbocycles. The van der Waals surface area contributed by atoms with Crippen molar-refractivity contribution < 1.29 is 9.59 Å². The van der Waals surface area contributed by atoms with Crippen LogP contribution in [0, 0.1) is 0 Å². The lowest BCUT2D eigenvalue weighted by Gasteiger charge is -2.24. The van der Waals surface area contributed by atoms with E-state index in [1.165, 1.54) is 12.8 Å². The van der Waals surface area contributed by atoms with Crippen LogP contribution in [-0.4, -0.2) is 44.0 Å². The topological polar surface area (TPSA) is 96.2 Å². The average molecular weight is 379 g/mol. The van der Waals surface area contributed by atoms with Crippen LogP contribution in [0.25, 0.3) is 0 Å². The van der Waals surface area contributed by atoms with E-state index in [9.17, 15) is 9.59 Å². The van der Waals surface area contributed by atoms with E-state index < -0.39 is 0 Å². The lowest BCUT2D eigenvalue weighted by atomic mass is 10.0. The standard InChI is InChI=1S/C17H27N3O2.C4H11N/c1-4-14(5-2)20-15(11-13-9-7-6-8-10-13)17(22)19-12-16(21)18-3;1-2-3-4-5/h6-10,14-15,20H,4-5,11-12H2,1-3H3,(H,18,21)(H,19,22);2-5H2,1H3. The number of nitrogens with two attached hydrogens (primary N) is 1. The number of nitrogens with one attached hydrogen (secondary N) is 3. The Bertz CT molecular complexity index is 502. The fourth-order valence-electron chi connectivity index (χ4n) is 2.47. The lowest BCUT2D eigenvalue weighted by Crippen LogP contribution is -2.50. The summed E-state index contributed by atoms with van der Waals surface area (Å²) in [6, 6.07) is 9.86. The molecule has 27 heavy (non-hydrogen) atoms. The van der Waals surface area contributed by atoms with Gasteiger partial charge >= 0.3 is 0 Å². The molecule has 0 bridgehead atoms. The van der Waals surface area contributed by atoms with Crippen LogP contribution in [0.2, 0.25) is 0 Å². The van der Waals surface area contributed by atoms with Gasteiger partial charge in [0.05, 0.1) is 12.6 Å². The molecule has 1 unspecified atom stereocenters. The van der Waals surface area contributed by atoms with Crippen molar-refractivity contribution in [1.29, 1.82) is 0 Å². The van der Waals surface area contributed by atoms with Crippen LogP contribution in [0.5, 0.6) is 0 Å². The normalized spacial score (nSPS) is 11.3. The maximum Gasteiger partial charge on any atom is 0.239 e. The van der Waals surface area contributed by atoms with E-state index in [1.54, 1.807) is 7.05 Å². The van der Waals surface area contributed by atoms with Gasteiger partial charge in [0.15, 0.2) is 0 Å². The summed E-state index contributed by atoms with van der Waals surface area (Å²) < 4.78 is 0. The molecule has 0 fully saturated rings. The smallest absolute Gasteiger partial charge is 0.239 e. The van der Waals surface area contributed by atoms with Gasteiger partial charge in [-0.2, -0.15) is 0 Å². The molecule has 0 saturated carbocycles. The third-order valence-corrected chi connectivity index (χ3v) is 4.28. The molecular weight excluding hydrogens is 340 g/mol. The Morgan fingerprint density at radius 1 is 1.07 bits per heavy atom. The summed E-state index contributed by atoms with van der Waals surface area (Å²) in [5.41, 5.74) is 6.24. The quantitative estimate of drug-likeness (QED) is 0.473. The molecule has 0 spiro atoms. The van der Waals surface area contributed by atoms with Crippen molar-refractivity contribution in [2.24, 2.45) is 5.73 Å². The Kier molecular flexibility index (Phi) is 15.1. The van der Waals surface area contributed by atoms with Crippen LogP contribution >= 0.6 is 0 Å². The fraction of sp³-hybridized carbons (Fsp3) is 0.619. The van der Waals surface area contributed by atoms with Gasteiger partial charge in [-0.3, -0.25) is 9.59 Å². The van der Waals surface area contributed by atoms with Gasteiger partial charge in [0.2, 0.25) is 11.8 Å². The molecule has 6 heteroatoms. The van der Waals surface area contributed by atoms with E-state index in [-0.39, 0.29) is 24.4 Å². The minimum Gasteiger partial charge on any atom is -0.358 e. The molecule has 1 aromatic rings. The maximum absolute atomic E-state index is 12.4. The number of carbonyl (C=O) groups excluding carboxylic acids is 2. The van der Waals surface area contributed by atoms with Gasteiger partial charge in [-0.25, -0.2) is 0 Å². The molecule has 1 aromatic carbocycles. The van der Waals surface area contributed by atoms with Crippen LogP contribution in [0.1, 0.15) is 52.0 Å². The zero-order chi connectivity index (χ0) is 20.5. The summed E-state index contributed by atoms with van der Waals surface area (Å²) in [5, 5.41) is 8.59. The van der Waals surface area contributed by atoms with Crippen molar-refractivity contribution in [3.05, 3.63) is 35.9 Å². The summed E-state index contributed by atoms with van der Waals surface area (Å²) in [6.07, 6.45) is 4.92. The second-order valence-electron chi connectivity index (χ2n) is 6.46. The number of amides is 2. The van der Waals surface area contributed by atoms with Crippen molar-refractivity contribution in [3.63, 3.8) is 0 Å². The number of carbonyl (C=O) groups is 2. The number of likely N-dealkylation sites (N-methyl/N-ethyl adjacent to an activating group) is 1. The maximum atomic E-state index is 12.4. The highest BCUT2D eigenvalue weighted by atomic mass is 16.2. The minimum absolute atomic E-state index is 0.00518. The Morgan fingerprint density at radius 2 is 1.70 bits per heavy atom. The summed E-state index contributed by atoms with van der Waals surface area (Å²) in [6.45, 7) is 7.18. The SMILES string of the molecule is CCC(CC)NC(Cc1ccccc1)C(=O)NCC(=O)NC.CCCCN. The Balaban J connectivity index is 0.00000119. The van der Waals surface area contributed by atoms with Gasteiger partial charge < -0.3 is 21.7 Å². The number of rotatable bonds is 11. The highest BCUT2D eigenvalue weighted by Crippen LogP contribution is 2.06. The predicted octanol–water partition coefficient (Wildman–Crippen LogP) is 1.98. The number of unbranched alkanes of at least 4 members (excludes halogenated alkanes) is 1. The zero-order valence-corrected chi connectivity index (χ0v) is 17.4.